The summed E-state index contributed by atoms with van der Waals surface area (Å²) in [7, 11) is 0. The molecular weight excluding hydrogens is 182 g/mol. The zero-order valence-electron chi connectivity index (χ0n) is 7.46. The molecule has 1 rings (SSSR count). The van der Waals surface area contributed by atoms with E-state index in [2.05, 4.69) is 11.2 Å². The standard InChI is InChI=1S/C10H11NOS/c1-3-4-6-11-10(12)9-8(2)5-7-13-9/h1,5,7H,4,6H2,2H3,(H,11,12). The Labute approximate surface area is 82.0 Å². The van der Waals surface area contributed by atoms with Crippen LogP contribution in [0, 0.1) is 19.3 Å². The van der Waals surface area contributed by atoms with E-state index in [1.165, 1.54) is 11.3 Å². The molecule has 1 heterocycles. The zero-order valence-corrected chi connectivity index (χ0v) is 8.28. The molecule has 0 spiro atoms. The second-order valence-electron chi connectivity index (χ2n) is 2.64. The molecule has 0 saturated carbocycles. The number of hydrogen-bond donors (Lipinski definition) is 1. The topological polar surface area (TPSA) is 29.1 Å². The van der Waals surface area contributed by atoms with Crippen molar-refractivity contribution in [3.05, 3.63) is 21.9 Å². The van der Waals surface area contributed by atoms with Gasteiger partial charge in [-0.05, 0) is 23.9 Å². The summed E-state index contributed by atoms with van der Waals surface area (Å²) in [4.78, 5) is 12.2. The number of amides is 1. The number of aryl methyl sites for hydroxylation is 1. The van der Waals surface area contributed by atoms with E-state index in [0.29, 0.717) is 13.0 Å². The minimum Gasteiger partial charge on any atom is -0.350 e. The fraction of sp³-hybridized carbons (Fsp3) is 0.300. The molecule has 1 N–H and O–H groups in total. The predicted molar refractivity (Wildman–Crippen MR) is 54.8 cm³/mol. The van der Waals surface area contributed by atoms with E-state index < -0.39 is 0 Å². The third-order valence-corrected chi connectivity index (χ3v) is 2.64. The molecule has 0 aliphatic rings. The van der Waals surface area contributed by atoms with E-state index in [-0.39, 0.29) is 5.91 Å². The van der Waals surface area contributed by atoms with Gasteiger partial charge >= 0.3 is 0 Å². The lowest BCUT2D eigenvalue weighted by Gasteiger charge is -2.00. The predicted octanol–water partition coefficient (Wildman–Crippen LogP) is 1.81. The van der Waals surface area contributed by atoms with Gasteiger partial charge in [0.2, 0.25) is 0 Å². The fourth-order valence-corrected chi connectivity index (χ4v) is 1.78. The number of rotatable bonds is 3. The quantitative estimate of drug-likeness (QED) is 0.575. The van der Waals surface area contributed by atoms with Gasteiger partial charge in [0.05, 0.1) is 4.88 Å². The number of nitrogens with one attached hydrogen (secondary N) is 1. The van der Waals surface area contributed by atoms with Crippen molar-refractivity contribution < 1.29 is 4.79 Å². The summed E-state index contributed by atoms with van der Waals surface area (Å²) in [6.07, 6.45) is 5.64. The maximum atomic E-state index is 11.4. The maximum absolute atomic E-state index is 11.4. The smallest absolute Gasteiger partial charge is 0.261 e. The zero-order chi connectivity index (χ0) is 9.68. The summed E-state index contributed by atoms with van der Waals surface area (Å²) in [5, 5.41) is 4.66. The van der Waals surface area contributed by atoms with E-state index in [1.807, 2.05) is 18.4 Å². The van der Waals surface area contributed by atoms with Crippen LogP contribution >= 0.6 is 11.3 Å². The first-order valence-electron chi connectivity index (χ1n) is 4.01. The molecule has 0 saturated heterocycles. The molecule has 1 aromatic rings. The molecule has 2 nitrogen and oxygen atoms in total. The largest absolute Gasteiger partial charge is 0.350 e. The van der Waals surface area contributed by atoms with E-state index in [4.69, 9.17) is 6.42 Å². The van der Waals surface area contributed by atoms with Crippen LogP contribution in [0.2, 0.25) is 0 Å². The van der Waals surface area contributed by atoms with Gasteiger partial charge in [0.25, 0.3) is 5.91 Å². The molecule has 13 heavy (non-hydrogen) atoms. The van der Waals surface area contributed by atoms with Gasteiger partial charge in [-0.25, -0.2) is 0 Å². The summed E-state index contributed by atoms with van der Waals surface area (Å²) >= 11 is 1.45. The number of carbonyl (C=O) groups excluding carboxylic acids is 1. The monoisotopic (exact) mass is 193 g/mol. The minimum atomic E-state index is -0.0252. The van der Waals surface area contributed by atoms with Gasteiger partial charge in [-0.1, -0.05) is 0 Å². The van der Waals surface area contributed by atoms with Crippen LogP contribution < -0.4 is 5.32 Å². The van der Waals surface area contributed by atoms with Crippen LogP contribution in [0.4, 0.5) is 0 Å². The second kappa shape index (κ2) is 4.68. The van der Waals surface area contributed by atoms with Gasteiger partial charge < -0.3 is 5.32 Å². The van der Waals surface area contributed by atoms with Crippen molar-refractivity contribution in [3.63, 3.8) is 0 Å². The molecule has 1 amide bonds. The second-order valence-corrected chi connectivity index (χ2v) is 3.56. The summed E-state index contributed by atoms with van der Waals surface area (Å²) in [6.45, 7) is 2.47. The molecule has 0 fully saturated rings. The molecular formula is C10H11NOS. The van der Waals surface area contributed by atoms with Crippen LogP contribution in [0.1, 0.15) is 21.7 Å². The Bertz CT molecular complexity index is 335. The first-order chi connectivity index (χ1) is 6.25. The normalized spacial score (nSPS) is 9.23. The summed E-state index contributed by atoms with van der Waals surface area (Å²) in [6, 6.07) is 1.93. The number of thiophene rings is 1. The highest BCUT2D eigenvalue weighted by molar-refractivity contribution is 7.12. The van der Waals surface area contributed by atoms with Gasteiger partial charge in [0.1, 0.15) is 0 Å². The Kier molecular flexibility index (Phi) is 3.53. The molecule has 0 unspecified atom stereocenters. The average Bonchev–Trinajstić information content (AvgIpc) is 2.52. The Morgan fingerprint density at radius 2 is 2.54 bits per heavy atom. The Balaban J connectivity index is 2.50. The molecule has 0 aliphatic heterocycles. The lowest BCUT2D eigenvalue weighted by Crippen LogP contribution is -2.23. The summed E-state index contributed by atoms with van der Waals surface area (Å²) in [5.41, 5.74) is 1.02. The fourth-order valence-electron chi connectivity index (χ4n) is 0.934. The van der Waals surface area contributed by atoms with Crippen LogP contribution in [0.3, 0.4) is 0 Å². The van der Waals surface area contributed by atoms with Crippen molar-refractivity contribution in [2.24, 2.45) is 0 Å². The van der Waals surface area contributed by atoms with Crippen molar-refractivity contribution in [3.8, 4) is 12.3 Å². The number of hydrogen-bond acceptors (Lipinski definition) is 2. The van der Waals surface area contributed by atoms with Crippen LogP contribution in [0.15, 0.2) is 11.4 Å². The van der Waals surface area contributed by atoms with Gasteiger partial charge in [-0.3, -0.25) is 4.79 Å². The lowest BCUT2D eigenvalue weighted by molar-refractivity contribution is 0.0958. The molecule has 3 heteroatoms. The van der Waals surface area contributed by atoms with Crippen molar-refractivity contribution in [2.45, 2.75) is 13.3 Å². The van der Waals surface area contributed by atoms with Crippen LogP contribution in [0.25, 0.3) is 0 Å². The lowest BCUT2D eigenvalue weighted by atomic mass is 10.3. The van der Waals surface area contributed by atoms with Gasteiger partial charge in [-0.15, -0.1) is 23.7 Å². The highest BCUT2D eigenvalue weighted by Gasteiger charge is 2.08. The van der Waals surface area contributed by atoms with Crippen molar-refractivity contribution in [1.82, 2.24) is 5.32 Å². The Morgan fingerprint density at radius 3 is 3.08 bits per heavy atom. The van der Waals surface area contributed by atoms with Crippen LogP contribution in [0.5, 0.6) is 0 Å². The maximum Gasteiger partial charge on any atom is 0.261 e. The van der Waals surface area contributed by atoms with E-state index in [9.17, 15) is 4.79 Å². The van der Waals surface area contributed by atoms with Gasteiger partial charge in [0, 0.05) is 13.0 Å². The highest BCUT2D eigenvalue weighted by Crippen LogP contribution is 2.14. The summed E-state index contributed by atoms with van der Waals surface area (Å²) < 4.78 is 0. The van der Waals surface area contributed by atoms with Crippen molar-refractivity contribution in [1.29, 1.82) is 0 Å². The van der Waals surface area contributed by atoms with Gasteiger partial charge in [0.15, 0.2) is 0 Å². The molecule has 0 aromatic carbocycles. The minimum absolute atomic E-state index is 0.0252. The number of carbonyl (C=O) groups is 1. The van der Waals surface area contributed by atoms with Crippen molar-refractivity contribution >= 4 is 17.2 Å². The van der Waals surface area contributed by atoms with Crippen LogP contribution in [-0.2, 0) is 0 Å². The third kappa shape index (κ3) is 2.60. The van der Waals surface area contributed by atoms with Crippen molar-refractivity contribution in [2.75, 3.05) is 6.54 Å². The number of terminal acetylenes is 1. The van der Waals surface area contributed by atoms with E-state index in [0.717, 1.165) is 10.4 Å². The average molecular weight is 193 g/mol. The van der Waals surface area contributed by atoms with Gasteiger partial charge in [-0.2, -0.15) is 0 Å². The van der Waals surface area contributed by atoms with E-state index >= 15 is 0 Å². The first-order valence-corrected chi connectivity index (χ1v) is 4.89. The third-order valence-electron chi connectivity index (χ3n) is 1.62. The Hall–Kier alpha value is -1.27. The molecule has 0 aliphatic carbocycles. The highest BCUT2D eigenvalue weighted by atomic mass is 32.1. The van der Waals surface area contributed by atoms with Crippen LogP contribution in [-0.4, -0.2) is 12.5 Å². The Morgan fingerprint density at radius 1 is 1.77 bits per heavy atom. The molecule has 68 valence electrons. The van der Waals surface area contributed by atoms with E-state index in [1.54, 1.807) is 0 Å². The molecule has 0 bridgehead atoms. The molecule has 1 aromatic heterocycles. The summed E-state index contributed by atoms with van der Waals surface area (Å²) in [5.74, 6) is 2.45. The first kappa shape index (κ1) is 9.82. The molecule has 0 atom stereocenters. The molecule has 0 radical (unpaired) electrons. The SMILES string of the molecule is C#CCCNC(=O)c1sccc1C.